The highest BCUT2D eigenvalue weighted by Crippen LogP contribution is 2.36. The number of hydrogen-bond donors (Lipinski definition) is 0. The monoisotopic (exact) mass is 388 g/mol. The number of nitrogens with zero attached hydrogens (tertiary/aromatic N) is 2. The van der Waals surface area contributed by atoms with E-state index >= 15 is 0 Å². The number of aromatic nitrogens is 1. The molecule has 0 fully saturated rings. The predicted molar refractivity (Wildman–Crippen MR) is 104 cm³/mol. The summed E-state index contributed by atoms with van der Waals surface area (Å²) in [6, 6.07) is 17.2. The molecule has 1 atom stereocenters. The first-order valence-corrected chi connectivity index (χ1v) is 9.46. The molecule has 5 heteroatoms. The first kappa shape index (κ1) is 17.6. The van der Waals surface area contributed by atoms with Crippen molar-refractivity contribution in [2.75, 3.05) is 6.54 Å². The van der Waals surface area contributed by atoms with Gasteiger partial charge < -0.3 is 4.57 Å². The zero-order valence-corrected chi connectivity index (χ0v) is 15.7. The molecule has 1 aromatic heterocycles. The summed E-state index contributed by atoms with van der Waals surface area (Å²) in [5.41, 5.74) is 3.31. The van der Waals surface area contributed by atoms with E-state index in [1.54, 1.807) is 12.1 Å². The van der Waals surface area contributed by atoms with Crippen LogP contribution in [0.2, 0.25) is 10.0 Å². The van der Waals surface area contributed by atoms with E-state index in [0.717, 1.165) is 35.7 Å². The fourth-order valence-electron chi connectivity index (χ4n) is 3.74. The summed E-state index contributed by atoms with van der Waals surface area (Å²) in [5.74, 6) is -0.386. The lowest BCUT2D eigenvalue weighted by molar-refractivity contribution is 0.220. The molecule has 0 N–H and O–H groups in total. The van der Waals surface area contributed by atoms with Gasteiger partial charge in [0.2, 0.25) is 0 Å². The van der Waals surface area contributed by atoms with Crippen molar-refractivity contribution < 1.29 is 4.39 Å². The van der Waals surface area contributed by atoms with Crippen LogP contribution in [0.4, 0.5) is 4.39 Å². The molecule has 0 radical (unpaired) electrons. The summed E-state index contributed by atoms with van der Waals surface area (Å²) in [6.45, 7) is 2.58. The van der Waals surface area contributed by atoms with Crippen LogP contribution >= 0.6 is 23.2 Å². The number of aryl methyl sites for hydroxylation is 1. The molecule has 2 aromatic carbocycles. The van der Waals surface area contributed by atoms with Crippen LogP contribution in [0.3, 0.4) is 0 Å². The molecule has 0 saturated carbocycles. The smallest absolute Gasteiger partial charge is 0.141 e. The van der Waals surface area contributed by atoms with Gasteiger partial charge in [-0.25, -0.2) is 4.39 Å². The lowest BCUT2D eigenvalue weighted by atomic mass is 10.0. The third kappa shape index (κ3) is 3.39. The molecule has 0 bridgehead atoms. The Labute approximate surface area is 162 Å². The van der Waals surface area contributed by atoms with E-state index in [1.165, 1.54) is 11.8 Å². The van der Waals surface area contributed by atoms with E-state index in [4.69, 9.17) is 23.2 Å². The zero-order valence-electron chi connectivity index (χ0n) is 14.2. The van der Waals surface area contributed by atoms with Crippen molar-refractivity contribution >= 4 is 23.2 Å². The van der Waals surface area contributed by atoms with E-state index in [1.807, 2.05) is 18.2 Å². The molecule has 26 heavy (non-hydrogen) atoms. The van der Waals surface area contributed by atoms with Crippen LogP contribution in [-0.2, 0) is 13.1 Å². The van der Waals surface area contributed by atoms with Crippen LogP contribution in [-0.4, -0.2) is 16.0 Å². The molecule has 0 aliphatic carbocycles. The van der Waals surface area contributed by atoms with Gasteiger partial charge in [-0.05, 0) is 47.9 Å². The molecule has 1 aliphatic heterocycles. The van der Waals surface area contributed by atoms with Gasteiger partial charge in [-0.1, -0.05) is 47.5 Å². The maximum Gasteiger partial charge on any atom is 0.141 e. The average Bonchev–Trinajstić information content (AvgIpc) is 3.01. The summed E-state index contributed by atoms with van der Waals surface area (Å²) in [4.78, 5) is 2.39. The largest absolute Gasteiger partial charge is 0.350 e. The number of benzene rings is 2. The first-order valence-electron chi connectivity index (χ1n) is 8.71. The highest BCUT2D eigenvalue weighted by atomic mass is 35.5. The quantitative estimate of drug-likeness (QED) is 0.539. The number of hydrogen-bond acceptors (Lipinski definition) is 1. The molecule has 134 valence electrons. The molecular weight excluding hydrogens is 370 g/mol. The minimum Gasteiger partial charge on any atom is -0.350 e. The Morgan fingerprint density at radius 1 is 0.962 bits per heavy atom. The van der Waals surface area contributed by atoms with Crippen molar-refractivity contribution in [2.24, 2.45) is 0 Å². The topological polar surface area (TPSA) is 8.17 Å². The SMILES string of the molecule is Fc1ccc(CN2CCCn3cccc3[C@H]2c2ccccc2Cl)cc1Cl. The van der Waals surface area contributed by atoms with Crippen LogP contribution in [0.1, 0.15) is 29.3 Å². The third-order valence-corrected chi connectivity index (χ3v) is 5.56. The van der Waals surface area contributed by atoms with Crippen molar-refractivity contribution in [3.8, 4) is 0 Å². The van der Waals surface area contributed by atoms with E-state index in [0.29, 0.717) is 6.54 Å². The van der Waals surface area contributed by atoms with Gasteiger partial charge in [0.05, 0.1) is 11.1 Å². The zero-order chi connectivity index (χ0) is 18.1. The molecule has 2 heterocycles. The highest BCUT2D eigenvalue weighted by molar-refractivity contribution is 6.31. The van der Waals surface area contributed by atoms with Crippen LogP contribution in [0, 0.1) is 5.82 Å². The Hall–Kier alpha value is -1.81. The van der Waals surface area contributed by atoms with E-state index in [9.17, 15) is 4.39 Å². The Bertz CT molecular complexity index is 922. The van der Waals surface area contributed by atoms with Crippen molar-refractivity contribution in [1.82, 2.24) is 9.47 Å². The number of fused-ring (bicyclic) bond motifs is 1. The van der Waals surface area contributed by atoms with E-state index in [2.05, 4.69) is 33.9 Å². The van der Waals surface area contributed by atoms with Crippen molar-refractivity contribution in [2.45, 2.75) is 25.6 Å². The van der Waals surface area contributed by atoms with Gasteiger partial charge in [-0.2, -0.15) is 0 Å². The van der Waals surface area contributed by atoms with Gasteiger partial charge in [0.1, 0.15) is 5.82 Å². The standard InChI is InChI=1S/C21H19Cl2FN2/c22-17-6-2-1-5-16(17)21-20-7-3-10-25(20)11-4-12-26(21)14-15-8-9-19(24)18(23)13-15/h1-3,5-10,13,21H,4,11-12,14H2/t21-/m1/s1. The van der Waals surface area contributed by atoms with Gasteiger partial charge in [0.15, 0.2) is 0 Å². The van der Waals surface area contributed by atoms with Gasteiger partial charge in [-0.3, -0.25) is 4.90 Å². The summed E-state index contributed by atoms with van der Waals surface area (Å²) < 4.78 is 15.8. The summed E-state index contributed by atoms with van der Waals surface area (Å²) in [7, 11) is 0. The fraction of sp³-hybridized carbons (Fsp3) is 0.238. The Kier molecular flexibility index (Phi) is 5.03. The second-order valence-electron chi connectivity index (χ2n) is 6.62. The normalized spacial score (nSPS) is 17.7. The summed E-state index contributed by atoms with van der Waals surface area (Å²) >= 11 is 12.5. The maximum absolute atomic E-state index is 13.5. The molecule has 0 unspecified atom stereocenters. The molecule has 2 nitrogen and oxygen atoms in total. The van der Waals surface area contributed by atoms with Crippen LogP contribution < -0.4 is 0 Å². The van der Waals surface area contributed by atoms with Gasteiger partial charge in [0.25, 0.3) is 0 Å². The van der Waals surface area contributed by atoms with E-state index in [-0.39, 0.29) is 16.9 Å². The van der Waals surface area contributed by atoms with Crippen molar-refractivity contribution in [3.05, 3.63) is 93.5 Å². The average molecular weight is 389 g/mol. The van der Waals surface area contributed by atoms with Crippen molar-refractivity contribution in [3.63, 3.8) is 0 Å². The van der Waals surface area contributed by atoms with Gasteiger partial charge >= 0.3 is 0 Å². The predicted octanol–water partition coefficient (Wildman–Crippen LogP) is 5.93. The molecular formula is C21H19Cl2FN2. The molecule has 3 aromatic rings. The van der Waals surface area contributed by atoms with Gasteiger partial charge in [-0.15, -0.1) is 0 Å². The van der Waals surface area contributed by atoms with E-state index < -0.39 is 0 Å². The van der Waals surface area contributed by atoms with Crippen LogP contribution in [0.15, 0.2) is 60.8 Å². The lowest BCUT2D eigenvalue weighted by Gasteiger charge is -2.31. The second-order valence-corrected chi connectivity index (χ2v) is 7.44. The molecule has 0 saturated heterocycles. The second kappa shape index (κ2) is 7.43. The minimum absolute atomic E-state index is 0.0463. The Morgan fingerprint density at radius 2 is 1.81 bits per heavy atom. The van der Waals surface area contributed by atoms with Crippen LogP contribution in [0.5, 0.6) is 0 Å². The summed E-state index contributed by atoms with van der Waals surface area (Å²) in [5, 5.41) is 0.921. The molecule has 1 aliphatic rings. The maximum atomic E-state index is 13.5. The van der Waals surface area contributed by atoms with Gasteiger partial charge in [0, 0.05) is 36.5 Å². The molecule has 0 amide bonds. The Morgan fingerprint density at radius 3 is 2.62 bits per heavy atom. The first-order chi connectivity index (χ1) is 12.6. The third-order valence-electron chi connectivity index (χ3n) is 4.92. The van der Waals surface area contributed by atoms with Crippen molar-refractivity contribution in [1.29, 1.82) is 0 Å². The Balaban J connectivity index is 1.76. The van der Waals surface area contributed by atoms with Crippen LogP contribution in [0.25, 0.3) is 0 Å². The summed E-state index contributed by atoms with van der Waals surface area (Å²) in [6.07, 6.45) is 3.16. The minimum atomic E-state index is -0.386. The molecule has 4 rings (SSSR count). The highest BCUT2D eigenvalue weighted by Gasteiger charge is 2.28. The number of rotatable bonds is 3. The lowest BCUT2D eigenvalue weighted by Crippen LogP contribution is -2.29. The number of halogens is 3. The fourth-order valence-corrected chi connectivity index (χ4v) is 4.18. The molecule has 0 spiro atoms.